The highest BCUT2D eigenvalue weighted by molar-refractivity contribution is 7.90. The van der Waals surface area contributed by atoms with E-state index in [0.29, 0.717) is 41.4 Å². The lowest BCUT2D eigenvalue weighted by molar-refractivity contribution is -0.115. The molecule has 0 atom stereocenters. The monoisotopic (exact) mass is 579 g/mol. The molecule has 0 bridgehead atoms. The first kappa shape index (κ1) is 36.8. The van der Waals surface area contributed by atoms with Crippen molar-refractivity contribution in [2.45, 2.75) is 86.0 Å². The number of hydrogen-bond acceptors (Lipinski definition) is 7. The number of nitrogens with zero attached hydrogens (tertiary/aromatic N) is 4. The molecule has 0 aliphatic heterocycles. The van der Waals surface area contributed by atoms with Crippen LogP contribution in [0.5, 0.6) is 5.75 Å². The van der Waals surface area contributed by atoms with E-state index in [4.69, 9.17) is 4.74 Å². The summed E-state index contributed by atoms with van der Waals surface area (Å²) in [7, 11) is -0.0498. The molecule has 0 saturated heterocycles. The van der Waals surface area contributed by atoms with Crippen molar-refractivity contribution in [3.05, 3.63) is 40.1 Å². The van der Waals surface area contributed by atoms with Gasteiger partial charge >= 0.3 is 0 Å². The molecule has 10 nitrogen and oxygen atoms in total. The Labute approximate surface area is 240 Å². The van der Waals surface area contributed by atoms with Crippen LogP contribution in [-0.4, -0.2) is 66.3 Å². The van der Waals surface area contributed by atoms with Crippen LogP contribution in [0.1, 0.15) is 79.2 Å². The number of ether oxygens (including phenoxy) is 1. The van der Waals surface area contributed by atoms with Crippen molar-refractivity contribution in [1.82, 2.24) is 24.5 Å². The standard InChI is InChI=1S/C18H22N4O4S.2C4H10.C3H7NO/c1-5-7-15-19-11(3)16-18(23)20-17(21-22(15)16)13-10-12(27(4,24)25)8-9-14(13)26-6-2;1-4(2)3;1-3-4-2;1-4(2)3-5/h8-10H,5-7H2,1-4H3,(H,20,21,23);4H,1-3H3;3-4H2,1-2H3;3H,1-2H3. The SMILES string of the molecule is CC(C)C.CCCC.CCCc1nc(C)c2c(=O)[nH]c(-c3cc(S(C)(=O)=O)ccc3OCC)nn12.CN(C)C=O. The topological polar surface area (TPSA) is 127 Å². The Balaban J connectivity index is 0.000000980. The number of aromatic nitrogens is 4. The molecular weight excluding hydrogens is 530 g/mol. The minimum absolute atomic E-state index is 0.124. The summed E-state index contributed by atoms with van der Waals surface area (Å²) >= 11 is 0. The molecular formula is C29H49N5O5S. The number of rotatable bonds is 8. The van der Waals surface area contributed by atoms with Gasteiger partial charge in [0.05, 0.1) is 22.8 Å². The third-order valence-corrected chi connectivity index (χ3v) is 5.97. The molecule has 1 N–H and O–H groups in total. The predicted molar refractivity (Wildman–Crippen MR) is 163 cm³/mol. The zero-order chi connectivity index (χ0) is 31.0. The molecule has 0 saturated carbocycles. The highest BCUT2D eigenvalue weighted by Gasteiger charge is 2.18. The smallest absolute Gasteiger partial charge is 0.277 e. The molecule has 3 aromatic rings. The van der Waals surface area contributed by atoms with Crippen LogP contribution in [0.4, 0.5) is 0 Å². The molecule has 2 heterocycles. The average Bonchev–Trinajstić information content (AvgIpc) is 3.19. The molecule has 0 aliphatic carbocycles. The van der Waals surface area contributed by atoms with Gasteiger partial charge in [-0.05, 0) is 44.4 Å². The highest BCUT2D eigenvalue weighted by Crippen LogP contribution is 2.30. The first-order chi connectivity index (χ1) is 18.7. The third-order valence-electron chi connectivity index (χ3n) is 4.86. The summed E-state index contributed by atoms with van der Waals surface area (Å²) in [6, 6.07) is 4.52. The zero-order valence-electron chi connectivity index (χ0n) is 26.2. The van der Waals surface area contributed by atoms with Crippen LogP contribution in [0, 0.1) is 12.8 Å². The van der Waals surface area contributed by atoms with Gasteiger partial charge in [-0.3, -0.25) is 9.59 Å². The Bertz CT molecular complexity index is 1340. The first-order valence-corrected chi connectivity index (χ1v) is 15.6. The maximum atomic E-state index is 12.6. The van der Waals surface area contributed by atoms with Gasteiger partial charge in [-0.25, -0.2) is 17.9 Å². The van der Waals surface area contributed by atoms with Crippen molar-refractivity contribution in [2.24, 2.45) is 5.92 Å². The molecule has 40 heavy (non-hydrogen) atoms. The number of hydrogen-bond donors (Lipinski definition) is 1. The summed E-state index contributed by atoms with van der Waals surface area (Å²) in [4.78, 5) is 30.8. The van der Waals surface area contributed by atoms with E-state index in [1.165, 1.54) is 34.4 Å². The van der Waals surface area contributed by atoms with Crippen molar-refractivity contribution in [2.75, 3.05) is 27.0 Å². The van der Waals surface area contributed by atoms with E-state index in [1.807, 2.05) is 13.8 Å². The van der Waals surface area contributed by atoms with E-state index in [2.05, 4.69) is 49.7 Å². The number of aromatic amines is 1. The Morgan fingerprint density at radius 1 is 1.07 bits per heavy atom. The molecule has 0 aliphatic rings. The Morgan fingerprint density at radius 3 is 2.05 bits per heavy atom. The number of imidazole rings is 1. The van der Waals surface area contributed by atoms with E-state index in [1.54, 1.807) is 27.1 Å². The number of sulfone groups is 1. The first-order valence-electron chi connectivity index (χ1n) is 13.8. The number of benzene rings is 1. The molecule has 226 valence electrons. The lowest BCUT2D eigenvalue weighted by atomic mass is 10.2. The Kier molecular flexibility index (Phi) is 16.7. The van der Waals surface area contributed by atoms with Crippen molar-refractivity contribution in [3.8, 4) is 17.1 Å². The molecule has 2 aromatic heterocycles. The third kappa shape index (κ3) is 12.3. The van der Waals surface area contributed by atoms with Gasteiger partial charge in [-0.1, -0.05) is 54.4 Å². The minimum Gasteiger partial charge on any atom is -0.493 e. The fourth-order valence-corrected chi connectivity index (χ4v) is 3.60. The van der Waals surface area contributed by atoms with E-state index in [-0.39, 0.29) is 16.3 Å². The Hall–Kier alpha value is -3.21. The molecule has 11 heteroatoms. The number of carbonyl (C=O) groups is 1. The van der Waals surface area contributed by atoms with E-state index >= 15 is 0 Å². The largest absolute Gasteiger partial charge is 0.493 e. The molecule has 1 aromatic carbocycles. The van der Waals surface area contributed by atoms with Gasteiger partial charge in [-0.2, -0.15) is 0 Å². The van der Waals surface area contributed by atoms with Crippen molar-refractivity contribution in [1.29, 1.82) is 0 Å². The molecule has 3 rings (SSSR count). The number of carbonyl (C=O) groups excluding carboxylic acids is 1. The van der Waals surface area contributed by atoms with Crippen LogP contribution in [0.3, 0.4) is 0 Å². The lowest BCUT2D eigenvalue weighted by Gasteiger charge is -2.11. The van der Waals surface area contributed by atoms with E-state index in [0.717, 1.165) is 25.0 Å². The fraction of sp³-hybridized carbons (Fsp3) is 0.586. The number of fused-ring (bicyclic) bond motifs is 1. The van der Waals surface area contributed by atoms with Gasteiger partial charge in [0.15, 0.2) is 21.2 Å². The van der Waals surface area contributed by atoms with Gasteiger partial charge in [0.2, 0.25) is 6.41 Å². The normalized spacial score (nSPS) is 10.5. The van der Waals surface area contributed by atoms with Crippen molar-refractivity contribution < 1.29 is 17.9 Å². The van der Waals surface area contributed by atoms with Crippen LogP contribution in [0.15, 0.2) is 27.9 Å². The summed E-state index contributed by atoms with van der Waals surface area (Å²) in [6.45, 7) is 16.9. The van der Waals surface area contributed by atoms with Gasteiger partial charge in [0.25, 0.3) is 5.56 Å². The summed E-state index contributed by atoms with van der Waals surface area (Å²) in [6.07, 6.45) is 6.05. The van der Waals surface area contributed by atoms with Crippen LogP contribution in [-0.2, 0) is 21.1 Å². The maximum Gasteiger partial charge on any atom is 0.277 e. The van der Waals surface area contributed by atoms with Gasteiger partial charge in [0, 0.05) is 26.8 Å². The number of nitrogens with one attached hydrogen (secondary N) is 1. The predicted octanol–water partition coefficient (Wildman–Crippen LogP) is 5.32. The second-order valence-electron chi connectivity index (χ2n) is 10.1. The van der Waals surface area contributed by atoms with Crippen LogP contribution in [0.2, 0.25) is 0 Å². The second-order valence-corrected chi connectivity index (χ2v) is 12.1. The zero-order valence-corrected chi connectivity index (χ0v) is 27.0. The van der Waals surface area contributed by atoms with Crippen LogP contribution < -0.4 is 10.3 Å². The second kappa shape index (κ2) is 18.2. The molecule has 0 unspecified atom stereocenters. The van der Waals surface area contributed by atoms with Gasteiger partial charge in [0.1, 0.15) is 11.6 Å². The molecule has 1 amide bonds. The number of unbranched alkanes of at least 4 members (excludes halogenated alkanes) is 1. The maximum absolute atomic E-state index is 12.6. The van der Waals surface area contributed by atoms with Crippen LogP contribution >= 0.6 is 0 Å². The van der Waals surface area contributed by atoms with E-state index in [9.17, 15) is 18.0 Å². The van der Waals surface area contributed by atoms with Crippen LogP contribution in [0.25, 0.3) is 16.9 Å². The van der Waals surface area contributed by atoms with Crippen molar-refractivity contribution >= 4 is 21.8 Å². The summed E-state index contributed by atoms with van der Waals surface area (Å²) < 4.78 is 31.1. The Morgan fingerprint density at radius 2 is 1.62 bits per heavy atom. The average molecular weight is 580 g/mol. The highest BCUT2D eigenvalue weighted by atomic mass is 32.2. The minimum atomic E-state index is -3.42. The summed E-state index contributed by atoms with van der Waals surface area (Å²) in [5.74, 6) is 2.20. The quantitative estimate of drug-likeness (QED) is 0.358. The number of aryl methyl sites for hydroxylation is 2. The fourth-order valence-electron chi connectivity index (χ4n) is 2.95. The number of amides is 1. The lowest BCUT2D eigenvalue weighted by Crippen LogP contribution is -2.16. The molecule has 0 radical (unpaired) electrons. The van der Waals surface area contributed by atoms with Gasteiger partial charge in [-0.15, -0.1) is 5.10 Å². The van der Waals surface area contributed by atoms with Gasteiger partial charge < -0.3 is 14.6 Å². The molecule has 0 spiro atoms. The summed E-state index contributed by atoms with van der Waals surface area (Å²) in [5.41, 5.74) is 1.07. The molecule has 0 fully saturated rings. The number of H-pyrrole nitrogens is 1. The van der Waals surface area contributed by atoms with E-state index < -0.39 is 9.84 Å². The summed E-state index contributed by atoms with van der Waals surface area (Å²) in [5, 5.41) is 4.54. The van der Waals surface area contributed by atoms with Crippen molar-refractivity contribution in [3.63, 3.8) is 0 Å².